The standard InChI is InChI=1S/C17H26ClN5O/c1-21(2)8-9-24-16-7-6-13(10-15(16)18)19-11-14-12-20-17(22(3)4)23(14)5/h6-7,10,12,19H,8-9,11H2,1-5H3. The van der Waals surface area contributed by atoms with E-state index in [1.165, 1.54) is 0 Å². The fourth-order valence-electron chi connectivity index (χ4n) is 2.27. The number of hydrogen-bond acceptors (Lipinski definition) is 5. The first-order chi connectivity index (χ1) is 11.4. The summed E-state index contributed by atoms with van der Waals surface area (Å²) in [5.41, 5.74) is 2.05. The minimum absolute atomic E-state index is 0.609. The molecule has 6 nitrogen and oxygen atoms in total. The number of rotatable bonds is 8. The highest BCUT2D eigenvalue weighted by Gasteiger charge is 2.08. The molecular weight excluding hydrogens is 326 g/mol. The SMILES string of the molecule is CN(C)CCOc1ccc(NCc2cnc(N(C)C)n2C)cc1Cl. The zero-order valence-electron chi connectivity index (χ0n) is 15.0. The molecule has 0 saturated heterocycles. The summed E-state index contributed by atoms with van der Waals surface area (Å²) in [5.74, 6) is 1.63. The van der Waals surface area contributed by atoms with Crippen LogP contribution in [0.5, 0.6) is 5.75 Å². The van der Waals surface area contributed by atoms with E-state index in [0.29, 0.717) is 23.9 Å². The van der Waals surface area contributed by atoms with Crippen LogP contribution in [0.4, 0.5) is 11.6 Å². The fourth-order valence-corrected chi connectivity index (χ4v) is 2.51. The molecule has 0 spiro atoms. The van der Waals surface area contributed by atoms with Crippen molar-refractivity contribution in [2.45, 2.75) is 6.54 Å². The lowest BCUT2D eigenvalue weighted by atomic mass is 10.3. The average Bonchev–Trinajstić information content (AvgIpc) is 2.88. The van der Waals surface area contributed by atoms with Crippen LogP contribution in [0, 0.1) is 0 Å². The topological polar surface area (TPSA) is 45.6 Å². The molecule has 0 atom stereocenters. The van der Waals surface area contributed by atoms with E-state index in [2.05, 4.69) is 19.8 Å². The zero-order valence-corrected chi connectivity index (χ0v) is 15.8. The van der Waals surface area contributed by atoms with Crippen LogP contribution in [0.3, 0.4) is 0 Å². The lowest BCUT2D eigenvalue weighted by molar-refractivity contribution is 0.261. The quantitative estimate of drug-likeness (QED) is 0.792. The van der Waals surface area contributed by atoms with Gasteiger partial charge in [-0.05, 0) is 32.3 Å². The summed E-state index contributed by atoms with van der Waals surface area (Å²) in [4.78, 5) is 8.46. The van der Waals surface area contributed by atoms with E-state index in [1.54, 1.807) is 0 Å². The Balaban J connectivity index is 1.95. The molecule has 0 aliphatic carbocycles. The number of benzene rings is 1. The molecule has 0 saturated carbocycles. The second-order valence-corrected chi connectivity index (χ2v) is 6.56. The van der Waals surface area contributed by atoms with Gasteiger partial charge in [0.15, 0.2) is 0 Å². The number of anilines is 2. The molecule has 0 bridgehead atoms. The number of nitrogens with one attached hydrogen (secondary N) is 1. The Hall–Kier alpha value is -1.92. The van der Waals surface area contributed by atoms with Crippen LogP contribution in [-0.2, 0) is 13.6 Å². The maximum Gasteiger partial charge on any atom is 0.204 e. The van der Waals surface area contributed by atoms with Crippen LogP contribution in [-0.4, -0.2) is 55.8 Å². The van der Waals surface area contributed by atoms with E-state index >= 15 is 0 Å². The molecule has 1 heterocycles. The highest BCUT2D eigenvalue weighted by molar-refractivity contribution is 6.32. The third-order valence-corrected chi connectivity index (χ3v) is 3.96. The maximum absolute atomic E-state index is 6.30. The fraction of sp³-hybridized carbons (Fsp3) is 0.471. The summed E-state index contributed by atoms with van der Waals surface area (Å²) in [6, 6.07) is 5.75. The summed E-state index contributed by atoms with van der Waals surface area (Å²) >= 11 is 6.30. The van der Waals surface area contributed by atoms with Gasteiger partial charge in [0.1, 0.15) is 12.4 Å². The summed E-state index contributed by atoms with van der Waals surface area (Å²) in [5, 5.41) is 3.98. The molecule has 1 aromatic carbocycles. The molecule has 1 aromatic heterocycles. The molecule has 0 amide bonds. The molecule has 0 radical (unpaired) electrons. The summed E-state index contributed by atoms with van der Waals surface area (Å²) in [7, 11) is 9.99. The summed E-state index contributed by atoms with van der Waals surface area (Å²) in [6.07, 6.45) is 1.88. The first kappa shape index (κ1) is 18.4. The third-order valence-electron chi connectivity index (χ3n) is 3.66. The van der Waals surface area contributed by atoms with Crippen LogP contribution in [0.1, 0.15) is 5.69 Å². The molecule has 132 valence electrons. The monoisotopic (exact) mass is 351 g/mol. The van der Waals surface area contributed by atoms with Gasteiger partial charge in [0, 0.05) is 33.4 Å². The van der Waals surface area contributed by atoms with Crippen molar-refractivity contribution < 1.29 is 4.74 Å². The van der Waals surface area contributed by atoms with Crippen molar-refractivity contribution in [3.8, 4) is 5.75 Å². The molecular formula is C17H26ClN5O. The Morgan fingerprint density at radius 2 is 2.00 bits per heavy atom. The summed E-state index contributed by atoms with van der Waals surface area (Å²) in [6.45, 7) is 2.14. The van der Waals surface area contributed by atoms with Gasteiger partial charge in [-0.2, -0.15) is 0 Å². The Labute approximate surface area is 149 Å². The second-order valence-electron chi connectivity index (χ2n) is 6.15. The normalized spacial score (nSPS) is 11.0. The van der Waals surface area contributed by atoms with E-state index in [4.69, 9.17) is 16.3 Å². The highest BCUT2D eigenvalue weighted by atomic mass is 35.5. The van der Waals surface area contributed by atoms with Crippen molar-refractivity contribution >= 4 is 23.2 Å². The van der Waals surface area contributed by atoms with Crippen molar-refractivity contribution in [2.75, 3.05) is 51.6 Å². The van der Waals surface area contributed by atoms with Gasteiger partial charge in [0.05, 0.1) is 23.5 Å². The molecule has 0 aliphatic heterocycles. The van der Waals surface area contributed by atoms with Crippen LogP contribution < -0.4 is 15.0 Å². The van der Waals surface area contributed by atoms with Crippen molar-refractivity contribution in [3.05, 3.63) is 35.1 Å². The van der Waals surface area contributed by atoms with Gasteiger partial charge in [-0.25, -0.2) is 4.98 Å². The van der Waals surface area contributed by atoms with Gasteiger partial charge in [-0.15, -0.1) is 0 Å². The second kappa shape index (κ2) is 8.26. The van der Waals surface area contributed by atoms with Crippen LogP contribution in [0.2, 0.25) is 5.02 Å². The molecule has 2 aromatic rings. The first-order valence-corrected chi connectivity index (χ1v) is 8.25. The molecule has 2 rings (SSSR count). The molecule has 1 N–H and O–H groups in total. The molecule has 7 heteroatoms. The smallest absolute Gasteiger partial charge is 0.204 e. The number of nitrogens with zero attached hydrogens (tertiary/aromatic N) is 4. The first-order valence-electron chi connectivity index (χ1n) is 7.87. The molecule has 24 heavy (non-hydrogen) atoms. The maximum atomic E-state index is 6.30. The van der Waals surface area contributed by atoms with Gasteiger partial charge in [-0.1, -0.05) is 11.6 Å². The van der Waals surface area contributed by atoms with Crippen molar-refractivity contribution in [1.29, 1.82) is 0 Å². The van der Waals surface area contributed by atoms with Gasteiger partial charge in [0.2, 0.25) is 5.95 Å². The number of halogens is 1. The van der Waals surface area contributed by atoms with Crippen molar-refractivity contribution in [3.63, 3.8) is 0 Å². The predicted octanol–water partition coefficient (Wildman–Crippen LogP) is 2.69. The van der Waals surface area contributed by atoms with E-state index in [9.17, 15) is 0 Å². The Kier molecular flexibility index (Phi) is 6.34. The van der Waals surface area contributed by atoms with E-state index in [0.717, 1.165) is 23.9 Å². The van der Waals surface area contributed by atoms with Gasteiger partial charge in [-0.3, -0.25) is 0 Å². The van der Waals surface area contributed by atoms with Gasteiger partial charge >= 0.3 is 0 Å². The Morgan fingerprint density at radius 3 is 2.58 bits per heavy atom. The minimum Gasteiger partial charge on any atom is -0.491 e. The Bertz CT molecular complexity index is 669. The molecule has 0 aliphatic rings. The lowest BCUT2D eigenvalue weighted by Crippen LogP contribution is -2.19. The average molecular weight is 352 g/mol. The number of aromatic nitrogens is 2. The summed E-state index contributed by atoms with van der Waals surface area (Å²) < 4.78 is 7.76. The number of hydrogen-bond donors (Lipinski definition) is 1. The van der Waals surface area contributed by atoms with Crippen LogP contribution in [0.25, 0.3) is 0 Å². The third kappa shape index (κ3) is 4.79. The highest BCUT2D eigenvalue weighted by Crippen LogP contribution is 2.28. The van der Waals surface area contributed by atoms with Gasteiger partial charge < -0.3 is 24.4 Å². The lowest BCUT2D eigenvalue weighted by Gasteiger charge is -2.14. The minimum atomic E-state index is 0.609. The number of ether oxygens (including phenoxy) is 1. The van der Waals surface area contributed by atoms with E-state index in [-0.39, 0.29) is 0 Å². The van der Waals surface area contributed by atoms with E-state index < -0.39 is 0 Å². The van der Waals surface area contributed by atoms with Crippen molar-refractivity contribution in [1.82, 2.24) is 14.5 Å². The van der Waals surface area contributed by atoms with Gasteiger partial charge in [0.25, 0.3) is 0 Å². The molecule has 0 fully saturated rings. The Morgan fingerprint density at radius 1 is 1.25 bits per heavy atom. The number of likely N-dealkylation sites (N-methyl/N-ethyl adjacent to an activating group) is 1. The van der Waals surface area contributed by atoms with Crippen molar-refractivity contribution in [2.24, 2.45) is 7.05 Å². The predicted molar refractivity (Wildman–Crippen MR) is 100 cm³/mol. The van der Waals surface area contributed by atoms with E-state index in [1.807, 2.05) is 64.5 Å². The number of imidazole rings is 1. The van der Waals surface area contributed by atoms with Crippen LogP contribution in [0.15, 0.2) is 24.4 Å². The molecule has 0 unspecified atom stereocenters. The zero-order chi connectivity index (χ0) is 17.7. The van der Waals surface area contributed by atoms with Crippen LogP contribution >= 0.6 is 11.6 Å². The largest absolute Gasteiger partial charge is 0.491 e.